The second-order valence-electron chi connectivity index (χ2n) is 15.2. The molecular formula is C45H38B2N4Si. The van der Waals surface area contributed by atoms with E-state index in [-0.39, 0.29) is 13.4 Å². The van der Waals surface area contributed by atoms with E-state index in [1.807, 2.05) is 0 Å². The second-order valence-corrected chi connectivity index (χ2v) is 19.0. The molecule has 10 rings (SSSR count). The van der Waals surface area contributed by atoms with Crippen LogP contribution in [0.2, 0.25) is 0 Å². The molecule has 0 radical (unpaired) electrons. The molecule has 4 nitrogen and oxygen atoms in total. The molecule has 3 aromatic heterocycles. The van der Waals surface area contributed by atoms with Gasteiger partial charge in [-0.1, -0.05) is 129 Å². The lowest BCUT2D eigenvalue weighted by atomic mass is 9.30. The first kappa shape index (κ1) is 31.2. The first-order chi connectivity index (χ1) is 25.3. The number of rotatable bonds is 4. The number of nitrogens with zero attached hydrogens (tertiary/aromatic N) is 4. The molecule has 0 saturated heterocycles. The van der Waals surface area contributed by atoms with Crippen molar-refractivity contribution in [2.45, 2.75) is 41.5 Å². The highest BCUT2D eigenvalue weighted by atomic mass is 28.3. The number of pyridine rings is 3. The van der Waals surface area contributed by atoms with E-state index in [4.69, 9.17) is 15.0 Å². The van der Waals surface area contributed by atoms with E-state index < -0.39 is 8.07 Å². The van der Waals surface area contributed by atoms with E-state index in [0.717, 1.165) is 0 Å². The maximum atomic E-state index is 5.18. The van der Waals surface area contributed by atoms with Crippen LogP contribution in [0.25, 0.3) is 0 Å². The van der Waals surface area contributed by atoms with E-state index in [0.29, 0.717) is 0 Å². The molecule has 4 aromatic carbocycles. The van der Waals surface area contributed by atoms with Crippen LogP contribution in [0.3, 0.4) is 0 Å². The Morgan fingerprint density at radius 1 is 0.442 bits per heavy atom. The maximum Gasteiger partial charge on any atom is 0.251 e. The molecule has 0 bridgehead atoms. The minimum atomic E-state index is -2.97. The Kier molecular flexibility index (Phi) is 6.75. The van der Waals surface area contributed by atoms with Crippen molar-refractivity contribution >= 4 is 92.1 Å². The van der Waals surface area contributed by atoms with E-state index in [1.54, 1.807) is 0 Å². The van der Waals surface area contributed by atoms with Crippen molar-refractivity contribution in [2.75, 3.05) is 4.90 Å². The van der Waals surface area contributed by atoms with Gasteiger partial charge in [-0.2, -0.15) is 0 Å². The summed E-state index contributed by atoms with van der Waals surface area (Å²) >= 11 is 0. The lowest BCUT2D eigenvalue weighted by Crippen LogP contribution is -2.81. The first-order valence-electron chi connectivity index (χ1n) is 18.3. The Balaban J connectivity index is 1.43. The molecule has 52 heavy (non-hydrogen) atoms. The summed E-state index contributed by atoms with van der Waals surface area (Å²) in [5, 5.41) is 5.32. The van der Waals surface area contributed by atoms with Crippen LogP contribution in [0.4, 0.5) is 17.1 Å². The van der Waals surface area contributed by atoms with E-state index in [1.165, 1.54) is 104 Å². The Labute approximate surface area is 307 Å². The van der Waals surface area contributed by atoms with Crippen molar-refractivity contribution in [1.29, 1.82) is 0 Å². The summed E-state index contributed by atoms with van der Waals surface area (Å²) in [6, 6.07) is 31.8. The Hall–Kier alpha value is -5.52. The van der Waals surface area contributed by atoms with Gasteiger partial charge in [-0.15, -0.1) is 0 Å². The van der Waals surface area contributed by atoms with Gasteiger partial charge in [0.1, 0.15) is 0 Å². The molecular weight excluding hydrogens is 646 g/mol. The zero-order valence-electron chi connectivity index (χ0n) is 30.5. The molecule has 0 amide bonds. The van der Waals surface area contributed by atoms with Gasteiger partial charge in [0.05, 0.1) is 0 Å². The van der Waals surface area contributed by atoms with Gasteiger partial charge in [0.2, 0.25) is 0 Å². The lowest BCUT2D eigenvalue weighted by Gasteiger charge is -2.52. The van der Waals surface area contributed by atoms with Gasteiger partial charge < -0.3 is 4.90 Å². The van der Waals surface area contributed by atoms with Crippen LogP contribution < -0.4 is 58.4 Å². The highest BCUT2D eigenvalue weighted by molar-refractivity contribution is 7.22. The highest BCUT2D eigenvalue weighted by Crippen LogP contribution is 2.40. The molecule has 0 spiro atoms. The van der Waals surface area contributed by atoms with Gasteiger partial charge in [-0.3, -0.25) is 15.0 Å². The molecule has 0 atom stereocenters. The third-order valence-corrected chi connectivity index (χ3v) is 16.8. The minimum Gasteiger partial charge on any atom is -0.312 e. The van der Waals surface area contributed by atoms with Gasteiger partial charge >= 0.3 is 0 Å². The van der Waals surface area contributed by atoms with Gasteiger partial charge in [-0.25, -0.2) is 0 Å². The first-order valence-corrected chi connectivity index (χ1v) is 20.3. The molecule has 3 aliphatic heterocycles. The summed E-state index contributed by atoms with van der Waals surface area (Å²) < 4.78 is 0. The molecule has 248 valence electrons. The molecule has 0 unspecified atom stereocenters. The highest BCUT2D eigenvalue weighted by Gasteiger charge is 2.56. The molecule has 0 N–H and O–H groups in total. The zero-order valence-corrected chi connectivity index (χ0v) is 31.5. The lowest BCUT2D eigenvalue weighted by molar-refractivity contribution is 1.23. The van der Waals surface area contributed by atoms with Gasteiger partial charge in [0, 0.05) is 54.2 Å². The van der Waals surface area contributed by atoms with Crippen molar-refractivity contribution in [1.82, 2.24) is 15.0 Å². The number of hydrogen-bond donors (Lipinski definition) is 0. The predicted molar refractivity (Wildman–Crippen MR) is 222 cm³/mol. The summed E-state index contributed by atoms with van der Waals surface area (Å²) in [5.74, 6) is 0. The third kappa shape index (κ3) is 4.03. The van der Waals surface area contributed by atoms with Gasteiger partial charge in [0.15, 0.2) is 8.07 Å². The monoisotopic (exact) mass is 684 g/mol. The molecule has 3 aliphatic rings. The SMILES string of the molecule is Cc1cc(C)c(B2c3cncc4c3N3c5c2cncc5[Si](c2ccccc2)(c2ccccc2)c2cncc(c23)B4c2c(C)cc(C)cc2C)c(C)c1. The Bertz CT molecular complexity index is 2400. The fraction of sp³-hybridized carbons (Fsp3) is 0.133. The van der Waals surface area contributed by atoms with Crippen molar-refractivity contribution < 1.29 is 0 Å². The molecule has 6 heterocycles. The smallest absolute Gasteiger partial charge is 0.251 e. The predicted octanol–water partition coefficient (Wildman–Crippen LogP) is 2.54. The zero-order chi connectivity index (χ0) is 35.5. The fourth-order valence-corrected chi connectivity index (χ4v) is 15.5. The Morgan fingerprint density at radius 3 is 1.17 bits per heavy atom. The summed E-state index contributed by atoms with van der Waals surface area (Å²) in [6.45, 7) is 13.5. The van der Waals surface area contributed by atoms with Gasteiger partial charge in [0.25, 0.3) is 13.4 Å². The summed E-state index contributed by atoms with van der Waals surface area (Å²) in [5.41, 5.74) is 19.3. The summed E-state index contributed by atoms with van der Waals surface area (Å²) in [6.07, 6.45) is 13.0. The number of hydrogen-bond acceptors (Lipinski definition) is 4. The normalized spacial score (nSPS) is 14.4. The van der Waals surface area contributed by atoms with Crippen LogP contribution in [0.5, 0.6) is 0 Å². The standard InChI is InChI=1S/C45H38B2N4Si/c1-27-17-29(3)41(30(4)18-27)46-35-21-48-22-36-43(35)51-44-37(46)23-49-25-39(44)52(33-13-9-7-10-14-33,34-15-11-8-12-16-34)40-26-50-24-38(45(40)51)47(36)42-31(5)19-28(2)20-32(42)6/h7-26H,1-6H3. The number of anilines is 3. The number of benzene rings is 4. The molecule has 7 aromatic rings. The van der Waals surface area contributed by atoms with Crippen LogP contribution in [0, 0.1) is 41.5 Å². The molecule has 0 saturated carbocycles. The summed E-state index contributed by atoms with van der Waals surface area (Å²) in [7, 11) is -2.97. The topological polar surface area (TPSA) is 41.9 Å². The fourth-order valence-electron chi connectivity index (χ4n) is 10.5. The quantitative estimate of drug-likeness (QED) is 0.268. The van der Waals surface area contributed by atoms with Crippen LogP contribution in [0.15, 0.2) is 122 Å². The largest absolute Gasteiger partial charge is 0.312 e. The molecule has 7 heteroatoms. The molecule has 0 fully saturated rings. The second kappa shape index (κ2) is 11.2. The number of aromatic nitrogens is 3. The van der Waals surface area contributed by atoms with Crippen molar-refractivity contribution in [3.8, 4) is 0 Å². The summed E-state index contributed by atoms with van der Waals surface area (Å²) in [4.78, 5) is 18.1. The van der Waals surface area contributed by atoms with Crippen molar-refractivity contribution in [3.63, 3.8) is 0 Å². The third-order valence-electron chi connectivity index (χ3n) is 12.1. The van der Waals surface area contributed by atoms with Crippen molar-refractivity contribution in [3.05, 3.63) is 155 Å². The van der Waals surface area contributed by atoms with Gasteiger partial charge in [-0.05, 0) is 84.1 Å². The average molecular weight is 685 g/mol. The maximum absolute atomic E-state index is 5.18. The van der Waals surface area contributed by atoms with Crippen LogP contribution >= 0.6 is 0 Å². The van der Waals surface area contributed by atoms with Crippen LogP contribution in [-0.2, 0) is 0 Å². The number of aryl methyl sites for hydroxylation is 6. The molecule has 0 aliphatic carbocycles. The average Bonchev–Trinajstić information content (AvgIpc) is 3.14. The van der Waals surface area contributed by atoms with E-state index in [2.05, 4.69) is 169 Å². The van der Waals surface area contributed by atoms with Crippen LogP contribution in [-0.4, -0.2) is 36.5 Å². The van der Waals surface area contributed by atoms with Crippen molar-refractivity contribution in [2.24, 2.45) is 0 Å². The Morgan fingerprint density at radius 2 is 0.788 bits per heavy atom. The van der Waals surface area contributed by atoms with Crippen LogP contribution in [0.1, 0.15) is 33.4 Å². The minimum absolute atomic E-state index is 0.0224. The van der Waals surface area contributed by atoms with E-state index in [9.17, 15) is 0 Å². The van der Waals surface area contributed by atoms with E-state index >= 15 is 0 Å².